The van der Waals surface area contributed by atoms with Crippen molar-refractivity contribution in [2.24, 2.45) is 5.84 Å². The van der Waals surface area contributed by atoms with Crippen LogP contribution in [0.2, 0.25) is 0 Å². The maximum atomic E-state index is 5.65. The molecule has 1 atom stereocenters. The number of rotatable bonds is 5. The molecule has 0 radical (unpaired) electrons. The number of pyridine rings is 1. The van der Waals surface area contributed by atoms with Crippen LogP contribution < -0.4 is 16.0 Å². The van der Waals surface area contributed by atoms with Gasteiger partial charge in [-0.05, 0) is 41.8 Å². The highest BCUT2D eigenvalue weighted by Gasteiger charge is 2.13. The molecule has 0 fully saturated rings. The molecule has 0 saturated heterocycles. The van der Waals surface area contributed by atoms with E-state index in [1.807, 2.05) is 36.5 Å². The Hall–Kier alpha value is -1.43. The van der Waals surface area contributed by atoms with Gasteiger partial charge in [0.05, 0.1) is 13.2 Å². The van der Waals surface area contributed by atoms with Gasteiger partial charge in [-0.2, -0.15) is 0 Å². The summed E-state index contributed by atoms with van der Waals surface area (Å²) < 4.78 is 6.29. The first kappa shape index (κ1) is 14.0. The van der Waals surface area contributed by atoms with Gasteiger partial charge in [-0.15, -0.1) is 0 Å². The number of nitrogens with two attached hydrogens (primary N) is 1. The lowest BCUT2D eigenvalue weighted by atomic mass is 10.0. The molecule has 5 heteroatoms. The molecule has 0 spiro atoms. The standard InChI is InChI=1S/C14H16BrN3O/c1-19-12-4-5-13(15)11(7-12)8-14(18-16)10-3-2-6-17-9-10/h2-7,9,14,18H,8,16H2,1H3. The van der Waals surface area contributed by atoms with E-state index in [1.54, 1.807) is 13.3 Å². The molecule has 1 aromatic heterocycles. The summed E-state index contributed by atoms with van der Waals surface area (Å²) in [7, 11) is 1.66. The fourth-order valence-corrected chi connectivity index (χ4v) is 2.32. The summed E-state index contributed by atoms with van der Waals surface area (Å²) in [6.07, 6.45) is 4.32. The van der Waals surface area contributed by atoms with Crippen LogP contribution in [-0.4, -0.2) is 12.1 Å². The number of nitrogens with zero attached hydrogens (tertiary/aromatic N) is 1. The predicted molar refractivity (Wildman–Crippen MR) is 78.7 cm³/mol. The number of hydrogen-bond donors (Lipinski definition) is 2. The van der Waals surface area contributed by atoms with Gasteiger partial charge >= 0.3 is 0 Å². The van der Waals surface area contributed by atoms with Gasteiger partial charge in [-0.3, -0.25) is 16.3 Å². The van der Waals surface area contributed by atoms with E-state index < -0.39 is 0 Å². The number of benzene rings is 1. The minimum atomic E-state index is 0.0112. The zero-order valence-corrected chi connectivity index (χ0v) is 12.2. The number of halogens is 1. The quantitative estimate of drug-likeness (QED) is 0.656. The Labute approximate surface area is 121 Å². The van der Waals surface area contributed by atoms with Crippen LogP contribution in [0.3, 0.4) is 0 Å². The van der Waals surface area contributed by atoms with Gasteiger partial charge in [0.15, 0.2) is 0 Å². The van der Waals surface area contributed by atoms with Crippen LogP contribution in [0.25, 0.3) is 0 Å². The van der Waals surface area contributed by atoms with Crippen molar-refractivity contribution in [1.29, 1.82) is 0 Å². The Morgan fingerprint density at radius 3 is 2.89 bits per heavy atom. The molecule has 1 heterocycles. The van der Waals surface area contributed by atoms with Gasteiger partial charge in [0.1, 0.15) is 5.75 Å². The van der Waals surface area contributed by atoms with Crippen molar-refractivity contribution in [3.63, 3.8) is 0 Å². The fourth-order valence-electron chi connectivity index (χ4n) is 1.91. The van der Waals surface area contributed by atoms with Crippen molar-refractivity contribution in [1.82, 2.24) is 10.4 Å². The second-order valence-electron chi connectivity index (χ2n) is 4.17. The topological polar surface area (TPSA) is 60.2 Å². The van der Waals surface area contributed by atoms with Gasteiger partial charge in [-0.1, -0.05) is 22.0 Å². The first-order chi connectivity index (χ1) is 9.24. The van der Waals surface area contributed by atoms with Crippen LogP contribution in [-0.2, 0) is 6.42 Å². The highest BCUT2D eigenvalue weighted by Crippen LogP contribution is 2.26. The molecular weight excluding hydrogens is 306 g/mol. The van der Waals surface area contributed by atoms with Gasteiger partial charge in [0.2, 0.25) is 0 Å². The van der Waals surface area contributed by atoms with Crippen LogP contribution in [0.4, 0.5) is 0 Å². The average Bonchev–Trinajstić information content (AvgIpc) is 2.47. The Bertz CT molecular complexity index is 533. The summed E-state index contributed by atoms with van der Waals surface area (Å²) in [6.45, 7) is 0. The SMILES string of the molecule is COc1ccc(Br)c(CC(NN)c2cccnc2)c1. The van der Waals surface area contributed by atoms with Crippen LogP contribution >= 0.6 is 15.9 Å². The molecule has 0 amide bonds. The minimum Gasteiger partial charge on any atom is -0.497 e. The fraction of sp³-hybridized carbons (Fsp3) is 0.214. The number of ether oxygens (including phenoxy) is 1. The molecule has 0 aliphatic carbocycles. The molecule has 1 aromatic carbocycles. The summed E-state index contributed by atoms with van der Waals surface area (Å²) in [6, 6.07) is 9.82. The Morgan fingerprint density at radius 1 is 1.42 bits per heavy atom. The number of aromatic nitrogens is 1. The van der Waals surface area contributed by atoms with Crippen LogP contribution in [0.1, 0.15) is 17.2 Å². The third-order valence-electron chi connectivity index (χ3n) is 2.96. The van der Waals surface area contributed by atoms with Crippen LogP contribution in [0.5, 0.6) is 5.75 Å². The van der Waals surface area contributed by atoms with Crippen molar-refractivity contribution in [3.05, 3.63) is 58.3 Å². The van der Waals surface area contributed by atoms with E-state index in [1.165, 1.54) is 0 Å². The summed E-state index contributed by atoms with van der Waals surface area (Å²) in [5.74, 6) is 6.48. The number of hydrazine groups is 1. The van der Waals surface area contributed by atoms with E-state index in [-0.39, 0.29) is 6.04 Å². The zero-order chi connectivity index (χ0) is 13.7. The summed E-state index contributed by atoms with van der Waals surface area (Å²) in [4.78, 5) is 4.12. The molecule has 0 saturated carbocycles. The molecule has 0 aliphatic heterocycles. The van der Waals surface area contributed by atoms with Gasteiger partial charge in [0, 0.05) is 16.9 Å². The van der Waals surface area contributed by atoms with Crippen LogP contribution in [0.15, 0.2) is 47.2 Å². The second-order valence-corrected chi connectivity index (χ2v) is 5.02. The van der Waals surface area contributed by atoms with Crippen molar-refractivity contribution in [2.75, 3.05) is 7.11 Å². The van der Waals surface area contributed by atoms with Crippen molar-refractivity contribution in [2.45, 2.75) is 12.5 Å². The monoisotopic (exact) mass is 321 g/mol. The molecule has 19 heavy (non-hydrogen) atoms. The maximum Gasteiger partial charge on any atom is 0.119 e. The second kappa shape index (κ2) is 6.65. The van der Waals surface area contributed by atoms with E-state index in [0.29, 0.717) is 0 Å². The normalized spacial score (nSPS) is 12.2. The van der Waals surface area contributed by atoms with E-state index in [9.17, 15) is 0 Å². The molecule has 100 valence electrons. The first-order valence-electron chi connectivity index (χ1n) is 5.93. The lowest BCUT2D eigenvalue weighted by molar-refractivity contribution is 0.413. The summed E-state index contributed by atoms with van der Waals surface area (Å²) in [5.41, 5.74) is 5.02. The van der Waals surface area contributed by atoms with E-state index in [4.69, 9.17) is 10.6 Å². The van der Waals surface area contributed by atoms with E-state index in [2.05, 4.69) is 26.3 Å². The largest absolute Gasteiger partial charge is 0.497 e. The molecule has 3 N–H and O–H groups in total. The lowest BCUT2D eigenvalue weighted by Gasteiger charge is -2.17. The maximum absolute atomic E-state index is 5.65. The smallest absolute Gasteiger partial charge is 0.119 e. The Morgan fingerprint density at radius 2 is 2.26 bits per heavy atom. The number of nitrogens with one attached hydrogen (secondary N) is 1. The highest BCUT2D eigenvalue weighted by molar-refractivity contribution is 9.10. The Balaban J connectivity index is 2.23. The van der Waals surface area contributed by atoms with Gasteiger partial charge < -0.3 is 4.74 Å². The lowest BCUT2D eigenvalue weighted by Crippen LogP contribution is -2.29. The van der Waals surface area contributed by atoms with E-state index >= 15 is 0 Å². The summed E-state index contributed by atoms with van der Waals surface area (Å²) >= 11 is 3.55. The average molecular weight is 322 g/mol. The minimum absolute atomic E-state index is 0.0112. The van der Waals surface area contributed by atoms with Gasteiger partial charge in [-0.25, -0.2) is 0 Å². The highest BCUT2D eigenvalue weighted by atomic mass is 79.9. The third kappa shape index (κ3) is 3.53. The van der Waals surface area contributed by atoms with Crippen molar-refractivity contribution < 1.29 is 4.74 Å². The van der Waals surface area contributed by atoms with Crippen molar-refractivity contribution in [3.8, 4) is 5.75 Å². The molecule has 2 aromatic rings. The Kier molecular flexibility index (Phi) is 4.90. The molecular formula is C14H16BrN3O. The predicted octanol–water partition coefficient (Wildman–Crippen LogP) is 2.60. The molecule has 0 bridgehead atoms. The summed E-state index contributed by atoms with van der Waals surface area (Å²) in [5, 5.41) is 0. The number of methoxy groups -OCH3 is 1. The van der Waals surface area contributed by atoms with Crippen molar-refractivity contribution >= 4 is 15.9 Å². The molecule has 2 rings (SSSR count). The van der Waals surface area contributed by atoms with E-state index in [0.717, 1.165) is 27.8 Å². The van der Waals surface area contributed by atoms with Crippen LogP contribution in [0, 0.1) is 0 Å². The molecule has 1 unspecified atom stereocenters. The first-order valence-corrected chi connectivity index (χ1v) is 6.72. The third-order valence-corrected chi connectivity index (χ3v) is 3.74. The molecule has 0 aliphatic rings. The zero-order valence-electron chi connectivity index (χ0n) is 10.6. The molecule has 4 nitrogen and oxygen atoms in total. The van der Waals surface area contributed by atoms with Gasteiger partial charge in [0.25, 0.3) is 0 Å². The number of hydrogen-bond acceptors (Lipinski definition) is 4.